The van der Waals surface area contributed by atoms with E-state index in [1.54, 1.807) is 12.1 Å². The number of aryl methyl sites for hydroxylation is 1. The zero-order valence-corrected chi connectivity index (χ0v) is 9.73. The van der Waals surface area contributed by atoms with Crippen molar-refractivity contribution in [2.45, 2.75) is 19.4 Å². The minimum atomic E-state index is -0.580. The maximum Gasteiger partial charge on any atom is 0.316 e. The summed E-state index contributed by atoms with van der Waals surface area (Å²) in [7, 11) is 0. The van der Waals surface area contributed by atoms with Gasteiger partial charge in [0.1, 0.15) is 11.9 Å². The van der Waals surface area contributed by atoms with Crippen molar-refractivity contribution >= 4 is 11.7 Å². The van der Waals surface area contributed by atoms with Gasteiger partial charge in [-0.15, -0.1) is 0 Å². The molecule has 1 unspecified atom stereocenters. The maximum absolute atomic E-state index is 10.8. The fourth-order valence-electron chi connectivity index (χ4n) is 1.73. The number of hydrogen-bond donors (Lipinski definition) is 2. The SMILES string of the molecule is Cc1ccc(NC(N)=O)cc1OC1CCOC1. The van der Waals surface area contributed by atoms with Crippen LogP contribution in [0.3, 0.4) is 0 Å². The van der Waals surface area contributed by atoms with E-state index in [2.05, 4.69) is 5.32 Å². The normalized spacial score (nSPS) is 19.0. The number of ether oxygens (including phenoxy) is 2. The van der Waals surface area contributed by atoms with E-state index in [4.69, 9.17) is 15.2 Å². The minimum Gasteiger partial charge on any atom is -0.488 e. The summed E-state index contributed by atoms with van der Waals surface area (Å²) in [5, 5.41) is 2.52. The van der Waals surface area contributed by atoms with E-state index >= 15 is 0 Å². The van der Waals surface area contributed by atoms with Gasteiger partial charge in [-0.1, -0.05) is 6.07 Å². The van der Waals surface area contributed by atoms with Crippen LogP contribution in [0.25, 0.3) is 0 Å². The van der Waals surface area contributed by atoms with Crippen molar-refractivity contribution in [1.29, 1.82) is 0 Å². The molecule has 5 nitrogen and oxygen atoms in total. The van der Waals surface area contributed by atoms with Crippen LogP contribution in [0.4, 0.5) is 10.5 Å². The minimum absolute atomic E-state index is 0.0949. The van der Waals surface area contributed by atoms with Gasteiger partial charge >= 0.3 is 6.03 Å². The molecule has 5 heteroatoms. The summed E-state index contributed by atoms with van der Waals surface area (Å²) < 4.78 is 11.1. The third-order valence-electron chi connectivity index (χ3n) is 2.64. The van der Waals surface area contributed by atoms with E-state index in [0.717, 1.165) is 24.3 Å². The molecule has 1 heterocycles. The van der Waals surface area contributed by atoms with Crippen molar-refractivity contribution in [3.63, 3.8) is 0 Å². The Labute approximate surface area is 99.9 Å². The number of urea groups is 1. The van der Waals surface area contributed by atoms with Gasteiger partial charge in [0, 0.05) is 18.2 Å². The second kappa shape index (κ2) is 5.05. The molecule has 17 heavy (non-hydrogen) atoms. The molecule has 3 N–H and O–H groups in total. The molecule has 0 radical (unpaired) electrons. The Hall–Kier alpha value is -1.75. The Morgan fingerprint density at radius 3 is 3.06 bits per heavy atom. The molecule has 92 valence electrons. The topological polar surface area (TPSA) is 73.6 Å². The van der Waals surface area contributed by atoms with E-state index in [-0.39, 0.29) is 6.10 Å². The van der Waals surface area contributed by atoms with E-state index < -0.39 is 6.03 Å². The summed E-state index contributed by atoms with van der Waals surface area (Å²) in [6.07, 6.45) is 0.991. The molecule has 2 amide bonds. The maximum atomic E-state index is 10.8. The summed E-state index contributed by atoms with van der Waals surface area (Å²) in [4.78, 5) is 10.8. The largest absolute Gasteiger partial charge is 0.488 e. The van der Waals surface area contributed by atoms with Crippen molar-refractivity contribution in [3.8, 4) is 5.75 Å². The molecule has 1 aromatic rings. The summed E-state index contributed by atoms with van der Waals surface area (Å²) in [5.74, 6) is 0.756. The van der Waals surface area contributed by atoms with Gasteiger partial charge in [0.15, 0.2) is 0 Å². The van der Waals surface area contributed by atoms with Gasteiger partial charge in [-0.2, -0.15) is 0 Å². The number of carbonyl (C=O) groups excluding carboxylic acids is 1. The Balaban J connectivity index is 2.10. The quantitative estimate of drug-likeness (QED) is 0.838. The molecule has 0 spiro atoms. The van der Waals surface area contributed by atoms with Gasteiger partial charge in [0.05, 0.1) is 13.2 Å². The first kappa shape index (κ1) is 11.7. The third-order valence-corrected chi connectivity index (χ3v) is 2.64. The summed E-state index contributed by atoms with van der Waals surface area (Å²) >= 11 is 0. The zero-order chi connectivity index (χ0) is 12.3. The number of primary amides is 1. The number of benzene rings is 1. The molecule has 2 rings (SSSR count). The second-order valence-electron chi connectivity index (χ2n) is 4.07. The van der Waals surface area contributed by atoms with Crippen molar-refractivity contribution in [3.05, 3.63) is 23.8 Å². The van der Waals surface area contributed by atoms with E-state index in [0.29, 0.717) is 12.3 Å². The van der Waals surface area contributed by atoms with Crippen LogP contribution in [-0.4, -0.2) is 25.3 Å². The first-order chi connectivity index (χ1) is 8.15. The van der Waals surface area contributed by atoms with Crippen LogP contribution in [0, 0.1) is 6.92 Å². The molecule has 1 saturated heterocycles. The molecule has 0 bridgehead atoms. The van der Waals surface area contributed by atoms with Gasteiger partial charge in [0.2, 0.25) is 0 Å². The number of hydrogen-bond acceptors (Lipinski definition) is 3. The highest BCUT2D eigenvalue weighted by atomic mass is 16.5. The first-order valence-corrected chi connectivity index (χ1v) is 5.56. The van der Waals surface area contributed by atoms with Crippen LogP contribution in [0.1, 0.15) is 12.0 Å². The van der Waals surface area contributed by atoms with Crippen molar-refractivity contribution < 1.29 is 14.3 Å². The lowest BCUT2D eigenvalue weighted by Crippen LogP contribution is -2.20. The van der Waals surface area contributed by atoms with Gasteiger partial charge in [-0.05, 0) is 18.6 Å². The second-order valence-corrected chi connectivity index (χ2v) is 4.07. The zero-order valence-electron chi connectivity index (χ0n) is 9.73. The average molecular weight is 236 g/mol. The third kappa shape index (κ3) is 3.10. The van der Waals surface area contributed by atoms with Crippen LogP contribution in [0.15, 0.2) is 18.2 Å². The van der Waals surface area contributed by atoms with E-state index in [1.807, 2.05) is 13.0 Å². The standard InChI is InChI=1S/C12H16N2O3/c1-8-2-3-9(14-12(13)15)6-11(8)17-10-4-5-16-7-10/h2-3,6,10H,4-5,7H2,1H3,(H3,13,14,15). The Morgan fingerprint density at radius 1 is 1.59 bits per heavy atom. The molecule has 0 aromatic heterocycles. The highest BCUT2D eigenvalue weighted by molar-refractivity contribution is 5.88. The molecule has 0 aliphatic carbocycles. The van der Waals surface area contributed by atoms with Crippen LogP contribution in [-0.2, 0) is 4.74 Å². The number of carbonyl (C=O) groups is 1. The van der Waals surface area contributed by atoms with Gasteiger partial charge < -0.3 is 20.5 Å². The molecule has 0 saturated carbocycles. The number of rotatable bonds is 3. The van der Waals surface area contributed by atoms with Gasteiger partial charge in [-0.3, -0.25) is 0 Å². The average Bonchev–Trinajstić information content (AvgIpc) is 2.75. The molecular formula is C12H16N2O3. The van der Waals surface area contributed by atoms with Crippen LogP contribution < -0.4 is 15.8 Å². The van der Waals surface area contributed by atoms with Crippen molar-refractivity contribution in [2.75, 3.05) is 18.5 Å². The smallest absolute Gasteiger partial charge is 0.316 e. The van der Waals surface area contributed by atoms with E-state index in [9.17, 15) is 4.79 Å². The van der Waals surface area contributed by atoms with Crippen LogP contribution >= 0.6 is 0 Å². The lowest BCUT2D eigenvalue weighted by Gasteiger charge is -2.15. The Bertz CT molecular complexity index is 414. The van der Waals surface area contributed by atoms with Gasteiger partial charge in [-0.25, -0.2) is 4.79 Å². The predicted molar refractivity (Wildman–Crippen MR) is 64.2 cm³/mol. The summed E-state index contributed by atoms with van der Waals surface area (Å²) in [6, 6.07) is 4.87. The molecule has 1 aliphatic rings. The predicted octanol–water partition coefficient (Wildman–Crippen LogP) is 1.65. The van der Waals surface area contributed by atoms with Gasteiger partial charge in [0.25, 0.3) is 0 Å². The molecular weight excluding hydrogens is 220 g/mol. The fraction of sp³-hybridized carbons (Fsp3) is 0.417. The van der Waals surface area contributed by atoms with Crippen molar-refractivity contribution in [2.24, 2.45) is 5.73 Å². The molecule has 1 aliphatic heterocycles. The summed E-state index contributed by atoms with van der Waals surface area (Å²) in [5.41, 5.74) is 6.72. The fourth-order valence-corrected chi connectivity index (χ4v) is 1.73. The van der Waals surface area contributed by atoms with E-state index in [1.165, 1.54) is 0 Å². The first-order valence-electron chi connectivity index (χ1n) is 5.56. The Morgan fingerprint density at radius 2 is 2.41 bits per heavy atom. The molecule has 1 aromatic carbocycles. The number of amides is 2. The number of anilines is 1. The van der Waals surface area contributed by atoms with Crippen LogP contribution in [0.2, 0.25) is 0 Å². The molecule has 1 atom stereocenters. The Kier molecular flexibility index (Phi) is 3.49. The molecule has 1 fully saturated rings. The lowest BCUT2D eigenvalue weighted by atomic mass is 10.2. The highest BCUT2D eigenvalue weighted by Crippen LogP contribution is 2.25. The number of nitrogens with two attached hydrogens (primary N) is 1. The summed E-state index contributed by atoms with van der Waals surface area (Å²) in [6.45, 7) is 3.31. The highest BCUT2D eigenvalue weighted by Gasteiger charge is 2.18. The lowest BCUT2D eigenvalue weighted by molar-refractivity contribution is 0.141. The number of nitrogens with one attached hydrogen (secondary N) is 1. The van der Waals surface area contributed by atoms with Crippen LogP contribution in [0.5, 0.6) is 5.75 Å². The monoisotopic (exact) mass is 236 g/mol. The van der Waals surface area contributed by atoms with Crippen molar-refractivity contribution in [1.82, 2.24) is 0 Å².